The Hall–Kier alpha value is -5.58. The van der Waals surface area contributed by atoms with E-state index in [0.717, 1.165) is 199 Å². The Labute approximate surface area is 629 Å². The third kappa shape index (κ3) is 74.7. The second kappa shape index (κ2) is 75.6. The molecule has 0 heterocycles. The molecule has 0 saturated carbocycles. The van der Waals surface area contributed by atoms with E-state index in [1.807, 2.05) is 12.2 Å². The summed E-state index contributed by atoms with van der Waals surface area (Å²) in [6.45, 7) is 4.34. The number of carbonyl (C=O) groups is 4. The Morgan fingerprint density at radius 1 is 0.279 bits per heavy atom. The van der Waals surface area contributed by atoms with Crippen molar-refractivity contribution in [1.82, 2.24) is 0 Å². The molecule has 0 aliphatic heterocycles. The molecular weight excluding hydrogens is 1350 g/mol. The number of esters is 4. The van der Waals surface area contributed by atoms with E-state index in [4.69, 9.17) is 37.0 Å². The van der Waals surface area contributed by atoms with Crippen LogP contribution in [0.1, 0.15) is 285 Å². The van der Waals surface area contributed by atoms with Crippen LogP contribution in [-0.2, 0) is 65.4 Å². The molecule has 0 aliphatic carbocycles. The third-order valence-electron chi connectivity index (χ3n) is 15.6. The van der Waals surface area contributed by atoms with Crippen LogP contribution >= 0.6 is 15.6 Å². The number of aliphatic hydroxyl groups excluding tert-OH is 1. The molecule has 0 aromatic heterocycles. The molecule has 5 atom stereocenters. The van der Waals surface area contributed by atoms with Crippen molar-refractivity contribution >= 4 is 39.5 Å². The minimum atomic E-state index is -5.00. The second-order valence-electron chi connectivity index (χ2n) is 25.5. The Balaban J connectivity index is 5.46. The van der Waals surface area contributed by atoms with Crippen molar-refractivity contribution in [2.75, 3.05) is 39.6 Å². The van der Waals surface area contributed by atoms with E-state index in [2.05, 4.69) is 186 Å². The van der Waals surface area contributed by atoms with Crippen molar-refractivity contribution in [3.8, 4) is 0 Å². The molecule has 19 heteroatoms. The molecule has 17 nitrogen and oxygen atoms in total. The lowest BCUT2D eigenvalue weighted by atomic mass is 10.1. The highest BCUT2D eigenvalue weighted by atomic mass is 31.2. The van der Waals surface area contributed by atoms with Crippen LogP contribution in [0.2, 0.25) is 0 Å². The standard InChI is InChI=1S/C85H138O17P2/c1-5-9-13-17-21-25-29-33-36-39-42-46-49-53-57-61-65-69-82(87)95-75-80(101-84(89)71-67-63-59-55-51-45-32-28-24-20-16-12-8-4)77-99-103(91,92)97-73-79(86)74-98-104(93,94)100-78-81(102-85(90)72-68-64-60-56-52-48-44-41-38-35-31-27-23-19-15-11-7-3)76-96-83(88)70-66-62-58-54-50-47-43-40-37-34-30-26-22-18-14-10-6-2/h9-11,13-16,20-23,25-28,32-38,42-43,46-47,54,58,79-81,86H,5-8,12,17-19,24,29-31,39-41,44-45,48-53,55-57,59-78H2,1-4H3,(H,91,92)(H,93,94)/b13-9-,14-10-,15-11-,20-16-,25-21-,26-22-,27-23-,32-28-,36-33-,37-34-,38-35-,46-42-,47-43-,58-54-. The van der Waals surface area contributed by atoms with Crippen molar-refractivity contribution in [3.05, 3.63) is 170 Å². The van der Waals surface area contributed by atoms with Gasteiger partial charge in [0.15, 0.2) is 12.2 Å². The van der Waals surface area contributed by atoms with Crippen LogP contribution in [0.4, 0.5) is 0 Å². The highest BCUT2D eigenvalue weighted by Crippen LogP contribution is 2.45. The van der Waals surface area contributed by atoms with Gasteiger partial charge < -0.3 is 33.8 Å². The van der Waals surface area contributed by atoms with E-state index in [1.165, 1.54) is 0 Å². The lowest BCUT2D eigenvalue weighted by Gasteiger charge is -2.21. The maximum absolute atomic E-state index is 13.1. The Morgan fingerprint density at radius 3 is 0.808 bits per heavy atom. The van der Waals surface area contributed by atoms with E-state index in [1.54, 1.807) is 0 Å². The van der Waals surface area contributed by atoms with Gasteiger partial charge in [0, 0.05) is 25.7 Å². The van der Waals surface area contributed by atoms with E-state index in [9.17, 15) is 43.2 Å². The summed E-state index contributed by atoms with van der Waals surface area (Å²) in [5.74, 6) is -2.31. The van der Waals surface area contributed by atoms with Gasteiger partial charge in [0.2, 0.25) is 0 Å². The number of allylic oxidation sites excluding steroid dienone is 28. The van der Waals surface area contributed by atoms with Gasteiger partial charge in [0.1, 0.15) is 19.3 Å². The van der Waals surface area contributed by atoms with Crippen LogP contribution < -0.4 is 0 Å². The van der Waals surface area contributed by atoms with Crippen LogP contribution in [0, 0.1) is 0 Å². The smallest absolute Gasteiger partial charge is 0.462 e. The molecule has 5 unspecified atom stereocenters. The summed E-state index contributed by atoms with van der Waals surface area (Å²) >= 11 is 0. The van der Waals surface area contributed by atoms with Gasteiger partial charge in [-0.1, -0.05) is 268 Å². The Morgan fingerprint density at radius 2 is 0.510 bits per heavy atom. The number of ether oxygens (including phenoxy) is 4. The van der Waals surface area contributed by atoms with Gasteiger partial charge in [0.05, 0.1) is 26.4 Å². The van der Waals surface area contributed by atoms with Crippen LogP contribution in [0.15, 0.2) is 170 Å². The number of phosphoric acid groups is 2. The van der Waals surface area contributed by atoms with E-state index in [0.29, 0.717) is 32.1 Å². The SMILES string of the molecule is CC/C=C\C/C=C\C/C=C\C/C=C\C/C=C\CCCC(=O)OCC(COP(=O)(O)OCC(O)COP(=O)(O)OCC(COC(=O)CCCCCC/C=C\C/C=C\C/C=C\C/C=C\CC)OC(=O)CCCCCCC/C=C\C/C=C\CCC)OC(=O)CCCCCCCCC/C=C\C/C=C\C/C=C\CC. The zero-order chi connectivity index (χ0) is 76.0. The van der Waals surface area contributed by atoms with Crippen molar-refractivity contribution in [3.63, 3.8) is 0 Å². The van der Waals surface area contributed by atoms with Crippen LogP contribution in [-0.4, -0.2) is 96.7 Å². The van der Waals surface area contributed by atoms with Crippen molar-refractivity contribution in [2.24, 2.45) is 0 Å². The number of carbonyl (C=O) groups excluding carboxylic acids is 4. The van der Waals surface area contributed by atoms with Crippen LogP contribution in [0.25, 0.3) is 0 Å². The monoisotopic (exact) mass is 1490 g/mol. The fraction of sp³-hybridized carbons (Fsp3) is 0.624. The molecule has 0 bridgehead atoms. The number of rotatable bonds is 72. The normalized spacial score (nSPS) is 14.8. The molecule has 0 aliphatic rings. The maximum atomic E-state index is 13.1. The van der Waals surface area contributed by atoms with Gasteiger partial charge in [-0.15, -0.1) is 0 Å². The van der Waals surface area contributed by atoms with Gasteiger partial charge in [-0.3, -0.25) is 37.3 Å². The number of phosphoric ester groups is 2. The number of hydrogen-bond acceptors (Lipinski definition) is 15. The number of hydrogen-bond donors (Lipinski definition) is 3. The zero-order valence-corrected chi connectivity index (χ0v) is 66.2. The summed E-state index contributed by atoms with van der Waals surface area (Å²) < 4.78 is 68.5. The molecular formula is C85H138O17P2. The first-order chi connectivity index (χ1) is 50.7. The topological polar surface area (TPSA) is 237 Å². The average Bonchev–Trinajstić information content (AvgIpc) is 0.910. The largest absolute Gasteiger partial charge is 0.472 e. The molecule has 0 spiro atoms. The highest BCUT2D eigenvalue weighted by Gasteiger charge is 2.30. The second-order valence-corrected chi connectivity index (χ2v) is 28.4. The molecule has 104 heavy (non-hydrogen) atoms. The molecule has 0 amide bonds. The van der Waals surface area contributed by atoms with Gasteiger partial charge >= 0.3 is 39.5 Å². The lowest BCUT2D eigenvalue weighted by molar-refractivity contribution is -0.161. The first-order valence-corrected chi connectivity index (χ1v) is 42.4. The number of unbranched alkanes of at least 4 members (excludes halogenated alkanes) is 18. The average molecular weight is 1490 g/mol. The third-order valence-corrected chi connectivity index (χ3v) is 17.5. The maximum Gasteiger partial charge on any atom is 0.472 e. The fourth-order valence-electron chi connectivity index (χ4n) is 9.77. The zero-order valence-electron chi connectivity index (χ0n) is 64.4. The summed E-state index contributed by atoms with van der Waals surface area (Å²) in [4.78, 5) is 73.0. The van der Waals surface area contributed by atoms with Gasteiger partial charge in [-0.25, -0.2) is 9.13 Å². The molecule has 0 saturated heterocycles. The van der Waals surface area contributed by atoms with E-state index < -0.39 is 97.5 Å². The highest BCUT2D eigenvalue weighted by molar-refractivity contribution is 7.47. The minimum absolute atomic E-state index is 0.0647. The van der Waals surface area contributed by atoms with Gasteiger partial charge in [-0.05, 0) is 161 Å². The molecule has 3 N–H and O–H groups in total. The van der Waals surface area contributed by atoms with Crippen molar-refractivity contribution < 1.29 is 80.2 Å². The van der Waals surface area contributed by atoms with Gasteiger partial charge in [-0.2, -0.15) is 0 Å². The van der Waals surface area contributed by atoms with Crippen LogP contribution in [0.3, 0.4) is 0 Å². The summed E-state index contributed by atoms with van der Waals surface area (Å²) in [7, 11) is -10.00. The molecule has 0 rings (SSSR count). The molecule has 0 aromatic carbocycles. The lowest BCUT2D eigenvalue weighted by Crippen LogP contribution is -2.30. The predicted octanol–water partition coefficient (Wildman–Crippen LogP) is 23.0. The van der Waals surface area contributed by atoms with Gasteiger partial charge in [0.25, 0.3) is 0 Å². The van der Waals surface area contributed by atoms with E-state index >= 15 is 0 Å². The predicted molar refractivity (Wildman–Crippen MR) is 426 cm³/mol. The summed E-state index contributed by atoms with van der Waals surface area (Å²) in [5.41, 5.74) is 0. The first kappa shape index (κ1) is 98.4. The van der Waals surface area contributed by atoms with Crippen molar-refractivity contribution in [1.29, 1.82) is 0 Å². The summed E-state index contributed by atoms with van der Waals surface area (Å²) in [6.07, 6.45) is 89.1. The minimum Gasteiger partial charge on any atom is -0.462 e. The number of aliphatic hydroxyl groups is 1. The molecule has 590 valence electrons. The molecule has 0 fully saturated rings. The Bertz CT molecular complexity index is 2640. The van der Waals surface area contributed by atoms with Crippen molar-refractivity contribution in [2.45, 2.75) is 303 Å². The fourth-order valence-corrected chi connectivity index (χ4v) is 11.3. The quantitative estimate of drug-likeness (QED) is 0.0169. The van der Waals surface area contributed by atoms with E-state index in [-0.39, 0.29) is 25.7 Å². The summed E-state index contributed by atoms with van der Waals surface area (Å²) in [5, 5.41) is 10.6. The Kier molecular flexibility index (Phi) is 71.6. The molecule has 0 aromatic rings. The molecule has 0 radical (unpaired) electrons. The summed E-state index contributed by atoms with van der Waals surface area (Å²) in [6, 6.07) is 0. The van der Waals surface area contributed by atoms with Crippen LogP contribution in [0.5, 0.6) is 0 Å². The first-order valence-electron chi connectivity index (χ1n) is 39.4.